The molecule has 0 aliphatic heterocycles. The van der Waals surface area contributed by atoms with Crippen LogP contribution in [-0.2, 0) is 17.5 Å². The first kappa shape index (κ1) is 18.5. The van der Waals surface area contributed by atoms with Crippen molar-refractivity contribution in [3.8, 4) is 0 Å². The molecule has 136 valence electrons. The number of halogens is 4. The van der Waals surface area contributed by atoms with E-state index < -0.39 is 11.7 Å². The summed E-state index contributed by atoms with van der Waals surface area (Å²) < 4.78 is 39.9. The molecule has 0 spiro atoms. The Labute approximate surface area is 154 Å². The van der Waals surface area contributed by atoms with E-state index in [-0.39, 0.29) is 34.0 Å². The summed E-state index contributed by atoms with van der Waals surface area (Å²) in [6, 6.07) is 6.12. The number of carbonyl (C=O) groups excluding carboxylic acids is 1. The summed E-state index contributed by atoms with van der Waals surface area (Å²) in [5, 5.41) is 10.2. The molecular weight excluding hydrogens is 391 g/mol. The quantitative estimate of drug-likeness (QED) is 0.665. The second kappa shape index (κ2) is 7.50. The molecule has 0 aromatic carbocycles. The van der Waals surface area contributed by atoms with Crippen LogP contribution in [0.1, 0.15) is 11.3 Å². The summed E-state index contributed by atoms with van der Waals surface area (Å²) in [5.74, 6) is -0.350. The summed E-state index contributed by atoms with van der Waals surface area (Å²) in [5.41, 5.74) is -0.132. The number of nitrogens with one attached hydrogen (secondary N) is 1. The Hall–Kier alpha value is -2.33. The van der Waals surface area contributed by atoms with Crippen LogP contribution in [0.25, 0.3) is 5.65 Å². The molecule has 0 bridgehead atoms. The van der Waals surface area contributed by atoms with E-state index >= 15 is 0 Å². The molecule has 3 aromatic rings. The van der Waals surface area contributed by atoms with Crippen LogP contribution < -0.4 is 5.32 Å². The predicted octanol–water partition coefficient (Wildman–Crippen LogP) is 3.21. The molecule has 0 saturated heterocycles. The zero-order valence-electron chi connectivity index (χ0n) is 13.0. The highest BCUT2D eigenvalue weighted by Crippen LogP contribution is 2.33. The lowest BCUT2D eigenvalue weighted by molar-refractivity contribution is -0.137. The van der Waals surface area contributed by atoms with Crippen LogP contribution in [0.3, 0.4) is 0 Å². The van der Waals surface area contributed by atoms with Gasteiger partial charge < -0.3 is 5.32 Å². The highest BCUT2D eigenvalue weighted by molar-refractivity contribution is 7.99. The van der Waals surface area contributed by atoms with Crippen molar-refractivity contribution in [2.24, 2.45) is 0 Å². The van der Waals surface area contributed by atoms with E-state index in [9.17, 15) is 18.0 Å². The number of rotatable bonds is 5. The summed E-state index contributed by atoms with van der Waals surface area (Å²) in [4.78, 5) is 16.0. The molecule has 6 nitrogen and oxygen atoms in total. The van der Waals surface area contributed by atoms with Gasteiger partial charge in [0, 0.05) is 12.4 Å². The summed E-state index contributed by atoms with van der Waals surface area (Å²) in [6.07, 6.45) is -2.08. The zero-order valence-corrected chi connectivity index (χ0v) is 14.6. The van der Waals surface area contributed by atoms with E-state index in [2.05, 4.69) is 20.5 Å². The van der Waals surface area contributed by atoms with Crippen molar-refractivity contribution in [2.45, 2.75) is 17.9 Å². The van der Waals surface area contributed by atoms with E-state index in [1.54, 1.807) is 24.4 Å². The Kier molecular flexibility index (Phi) is 5.33. The largest absolute Gasteiger partial charge is 0.417 e. The van der Waals surface area contributed by atoms with Crippen molar-refractivity contribution in [3.05, 3.63) is 52.9 Å². The monoisotopic (exact) mass is 401 g/mol. The lowest BCUT2D eigenvalue weighted by atomic mass is 10.3. The fourth-order valence-electron chi connectivity index (χ4n) is 2.06. The number of aromatic nitrogens is 4. The van der Waals surface area contributed by atoms with Crippen LogP contribution in [0, 0.1) is 0 Å². The van der Waals surface area contributed by atoms with Crippen molar-refractivity contribution in [1.82, 2.24) is 24.9 Å². The number of pyridine rings is 2. The number of carbonyl (C=O) groups is 1. The van der Waals surface area contributed by atoms with Gasteiger partial charge in [-0.15, -0.1) is 10.2 Å². The van der Waals surface area contributed by atoms with Gasteiger partial charge in [0.25, 0.3) is 0 Å². The Bertz CT molecular complexity index is 932. The number of thioether (sulfide) groups is 1. The molecule has 0 unspecified atom stereocenters. The number of nitrogens with zero attached hydrogens (tertiary/aromatic N) is 4. The highest BCUT2D eigenvalue weighted by atomic mass is 35.5. The zero-order chi connectivity index (χ0) is 18.7. The van der Waals surface area contributed by atoms with Gasteiger partial charge in [0.1, 0.15) is 0 Å². The molecule has 1 N–H and O–H groups in total. The van der Waals surface area contributed by atoms with Crippen molar-refractivity contribution < 1.29 is 18.0 Å². The molecule has 3 heterocycles. The normalized spacial score (nSPS) is 11.7. The topological polar surface area (TPSA) is 72.2 Å². The fourth-order valence-corrected chi connectivity index (χ4v) is 3.05. The Morgan fingerprint density at radius 1 is 1.31 bits per heavy atom. The molecule has 0 aliphatic rings. The van der Waals surface area contributed by atoms with Crippen molar-refractivity contribution in [1.29, 1.82) is 0 Å². The van der Waals surface area contributed by atoms with E-state index in [1.165, 1.54) is 0 Å². The SMILES string of the molecule is O=C(CSc1nnc2c(Cl)cc(C(F)(F)F)cn12)NCc1ccccn1. The third-order valence-corrected chi connectivity index (χ3v) is 4.50. The third-order valence-electron chi connectivity index (χ3n) is 3.28. The molecule has 0 radical (unpaired) electrons. The molecule has 3 aromatic heterocycles. The van der Waals surface area contributed by atoms with Crippen molar-refractivity contribution in [3.63, 3.8) is 0 Å². The molecule has 26 heavy (non-hydrogen) atoms. The van der Waals surface area contributed by atoms with Crippen LogP contribution in [0.4, 0.5) is 13.2 Å². The number of fused-ring (bicyclic) bond motifs is 1. The summed E-state index contributed by atoms with van der Waals surface area (Å²) in [7, 11) is 0. The summed E-state index contributed by atoms with van der Waals surface area (Å²) >= 11 is 6.80. The minimum absolute atomic E-state index is 0.0402. The smallest absolute Gasteiger partial charge is 0.350 e. The number of alkyl halides is 3. The Morgan fingerprint density at radius 2 is 2.12 bits per heavy atom. The van der Waals surface area contributed by atoms with Gasteiger partial charge in [-0.1, -0.05) is 29.4 Å². The Morgan fingerprint density at radius 3 is 2.81 bits per heavy atom. The van der Waals surface area contributed by atoms with E-state index in [0.717, 1.165) is 28.4 Å². The molecule has 0 aliphatic carbocycles. The second-order valence-electron chi connectivity index (χ2n) is 5.14. The van der Waals surface area contributed by atoms with Gasteiger partial charge in [-0.25, -0.2) is 0 Å². The van der Waals surface area contributed by atoms with Crippen LogP contribution in [0.5, 0.6) is 0 Å². The van der Waals surface area contributed by atoms with Crippen LogP contribution in [-0.4, -0.2) is 31.2 Å². The van der Waals surface area contributed by atoms with E-state index in [0.29, 0.717) is 5.69 Å². The van der Waals surface area contributed by atoms with Gasteiger partial charge in [-0.2, -0.15) is 13.2 Å². The second-order valence-corrected chi connectivity index (χ2v) is 6.49. The lowest BCUT2D eigenvalue weighted by Crippen LogP contribution is -2.25. The van der Waals surface area contributed by atoms with Gasteiger partial charge in [-0.05, 0) is 18.2 Å². The van der Waals surface area contributed by atoms with Crippen LogP contribution >= 0.6 is 23.4 Å². The number of amides is 1. The lowest BCUT2D eigenvalue weighted by Gasteiger charge is -2.08. The molecule has 11 heteroatoms. The number of hydrogen-bond acceptors (Lipinski definition) is 5. The minimum atomic E-state index is -4.55. The number of hydrogen-bond donors (Lipinski definition) is 1. The van der Waals surface area contributed by atoms with Crippen molar-refractivity contribution >= 4 is 34.9 Å². The average Bonchev–Trinajstić information content (AvgIpc) is 3.02. The first-order valence-corrected chi connectivity index (χ1v) is 8.62. The molecule has 0 atom stereocenters. The first-order chi connectivity index (χ1) is 12.3. The van der Waals surface area contributed by atoms with E-state index in [4.69, 9.17) is 11.6 Å². The Balaban J connectivity index is 1.69. The van der Waals surface area contributed by atoms with Gasteiger partial charge in [0.15, 0.2) is 10.8 Å². The van der Waals surface area contributed by atoms with Gasteiger partial charge >= 0.3 is 6.18 Å². The third kappa shape index (κ3) is 4.25. The molecule has 0 saturated carbocycles. The maximum atomic E-state index is 12.9. The molecule has 0 fully saturated rings. The van der Waals surface area contributed by atoms with Crippen molar-refractivity contribution in [2.75, 3.05) is 5.75 Å². The summed E-state index contributed by atoms with van der Waals surface area (Å²) in [6.45, 7) is 0.255. The first-order valence-electron chi connectivity index (χ1n) is 7.25. The van der Waals surface area contributed by atoms with E-state index in [1.807, 2.05) is 0 Å². The predicted molar refractivity (Wildman–Crippen MR) is 89.8 cm³/mol. The minimum Gasteiger partial charge on any atom is -0.350 e. The fraction of sp³-hybridized carbons (Fsp3) is 0.200. The average molecular weight is 402 g/mol. The van der Waals surface area contributed by atoms with Gasteiger partial charge in [0.2, 0.25) is 5.91 Å². The van der Waals surface area contributed by atoms with Gasteiger partial charge in [-0.3, -0.25) is 14.2 Å². The molecule has 3 rings (SSSR count). The molecular formula is C15H11ClF3N5OS. The maximum Gasteiger partial charge on any atom is 0.417 e. The van der Waals surface area contributed by atoms with Crippen LogP contribution in [0.15, 0.2) is 41.8 Å². The molecule has 1 amide bonds. The highest BCUT2D eigenvalue weighted by Gasteiger charge is 2.32. The van der Waals surface area contributed by atoms with Gasteiger partial charge in [0.05, 0.1) is 28.6 Å². The standard InChI is InChI=1S/C15H11ClF3N5OS/c16-11-5-9(15(17,18)19)7-24-13(11)22-23-14(24)26-8-12(25)21-6-10-3-1-2-4-20-10/h1-5,7H,6,8H2,(H,21,25). The van der Waals surface area contributed by atoms with Crippen LogP contribution in [0.2, 0.25) is 5.02 Å². The maximum absolute atomic E-state index is 12.9.